The maximum Gasteiger partial charge on any atom is 0.305 e. The summed E-state index contributed by atoms with van der Waals surface area (Å²) in [5, 5.41) is 12.0. The molecule has 0 aromatic rings. The summed E-state index contributed by atoms with van der Waals surface area (Å²) in [4.78, 5) is 24.2. The van der Waals surface area contributed by atoms with Crippen LogP contribution >= 0.6 is 0 Å². The van der Waals surface area contributed by atoms with Gasteiger partial charge in [0.15, 0.2) is 0 Å². The fourth-order valence-corrected chi connectivity index (χ4v) is 2.75. The maximum absolute atomic E-state index is 11.3. The van der Waals surface area contributed by atoms with E-state index in [4.69, 9.17) is 10.8 Å². The highest BCUT2D eigenvalue weighted by molar-refractivity contribution is 5.80. The van der Waals surface area contributed by atoms with Gasteiger partial charge in [0, 0.05) is 13.1 Å². The number of amides is 1. The van der Waals surface area contributed by atoms with Crippen molar-refractivity contribution in [2.75, 3.05) is 19.6 Å². The van der Waals surface area contributed by atoms with Crippen molar-refractivity contribution in [2.45, 2.75) is 30.8 Å². The van der Waals surface area contributed by atoms with Crippen LogP contribution in [0.3, 0.4) is 0 Å². The van der Waals surface area contributed by atoms with E-state index in [1.807, 2.05) is 4.90 Å². The topological polar surface area (TPSA) is 95.7 Å². The minimum absolute atomic E-state index is 0.0732. The lowest BCUT2D eigenvalue weighted by atomic mass is 9.85. The normalized spacial score (nSPS) is 28.6. The van der Waals surface area contributed by atoms with Crippen LogP contribution in [-0.2, 0) is 9.59 Å². The third kappa shape index (κ3) is 1.78. The SMILES string of the molecule is NC(=O)C1CCCN1C1(CC(=O)O)CNC1. The van der Waals surface area contributed by atoms with E-state index in [1.54, 1.807) is 0 Å². The van der Waals surface area contributed by atoms with E-state index in [1.165, 1.54) is 0 Å². The van der Waals surface area contributed by atoms with Gasteiger partial charge in [-0.05, 0) is 19.4 Å². The molecule has 0 aromatic heterocycles. The molecule has 1 amide bonds. The number of likely N-dealkylation sites (tertiary alicyclic amines) is 1. The molecule has 2 aliphatic rings. The zero-order valence-corrected chi connectivity index (χ0v) is 9.11. The predicted octanol–water partition coefficient (Wildman–Crippen LogP) is -1.25. The highest BCUT2D eigenvalue weighted by atomic mass is 16.4. The Morgan fingerprint density at radius 2 is 2.19 bits per heavy atom. The Hall–Kier alpha value is -1.14. The fourth-order valence-electron chi connectivity index (χ4n) is 2.75. The van der Waals surface area contributed by atoms with E-state index in [0.29, 0.717) is 13.1 Å². The largest absolute Gasteiger partial charge is 0.481 e. The van der Waals surface area contributed by atoms with E-state index in [9.17, 15) is 9.59 Å². The Kier molecular flexibility index (Phi) is 2.86. The van der Waals surface area contributed by atoms with Gasteiger partial charge in [0.1, 0.15) is 0 Å². The van der Waals surface area contributed by atoms with Gasteiger partial charge in [-0.1, -0.05) is 0 Å². The Balaban J connectivity index is 2.14. The van der Waals surface area contributed by atoms with Crippen molar-refractivity contribution in [3.05, 3.63) is 0 Å². The van der Waals surface area contributed by atoms with Crippen LogP contribution in [0.4, 0.5) is 0 Å². The van der Waals surface area contributed by atoms with Crippen LogP contribution in [0, 0.1) is 0 Å². The number of hydrogen-bond donors (Lipinski definition) is 3. The minimum atomic E-state index is -0.823. The van der Waals surface area contributed by atoms with Crippen LogP contribution in [0.2, 0.25) is 0 Å². The molecule has 2 fully saturated rings. The summed E-state index contributed by atoms with van der Waals surface area (Å²) in [5.41, 5.74) is 4.95. The van der Waals surface area contributed by atoms with Crippen molar-refractivity contribution in [3.8, 4) is 0 Å². The van der Waals surface area contributed by atoms with Crippen LogP contribution < -0.4 is 11.1 Å². The van der Waals surface area contributed by atoms with Crippen LogP contribution in [0.25, 0.3) is 0 Å². The quantitative estimate of drug-likeness (QED) is 0.558. The van der Waals surface area contributed by atoms with Gasteiger partial charge in [-0.15, -0.1) is 0 Å². The molecule has 2 aliphatic heterocycles. The molecule has 4 N–H and O–H groups in total. The molecule has 90 valence electrons. The second-order valence-corrected chi connectivity index (χ2v) is 4.65. The number of nitrogens with zero attached hydrogens (tertiary/aromatic N) is 1. The van der Waals surface area contributed by atoms with E-state index in [-0.39, 0.29) is 18.4 Å². The van der Waals surface area contributed by atoms with E-state index in [0.717, 1.165) is 19.4 Å². The monoisotopic (exact) mass is 227 g/mol. The Bertz CT molecular complexity index is 314. The zero-order chi connectivity index (χ0) is 11.8. The summed E-state index contributed by atoms with van der Waals surface area (Å²) in [6.45, 7) is 2.02. The highest BCUT2D eigenvalue weighted by Crippen LogP contribution is 2.32. The lowest BCUT2D eigenvalue weighted by molar-refractivity contribution is -0.144. The second kappa shape index (κ2) is 4.03. The van der Waals surface area contributed by atoms with Gasteiger partial charge >= 0.3 is 5.97 Å². The first-order valence-electron chi connectivity index (χ1n) is 5.54. The van der Waals surface area contributed by atoms with Crippen molar-refractivity contribution in [1.82, 2.24) is 10.2 Å². The number of carbonyl (C=O) groups is 2. The molecule has 1 unspecified atom stereocenters. The molecule has 2 saturated heterocycles. The maximum atomic E-state index is 11.3. The number of hydrogen-bond acceptors (Lipinski definition) is 4. The molecule has 0 saturated carbocycles. The van der Waals surface area contributed by atoms with Gasteiger partial charge in [-0.25, -0.2) is 0 Å². The van der Waals surface area contributed by atoms with E-state index in [2.05, 4.69) is 5.32 Å². The first kappa shape index (κ1) is 11.3. The molecule has 6 nitrogen and oxygen atoms in total. The van der Waals surface area contributed by atoms with Crippen molar-refractivity contribution in [3.63, 3.8) is 0 Å². The molecule has 6 heteroatoms. The zero-order valence-electron chi connectivity index (χ0n) is 9.11. The van der Waals surface area contributed by atoms with Gasteiger partial charge in [0.05, 0.1) is 18.0 Å². The highest BCUT2D eigenvalue weighted by Gasteiger charge is 2.49. The number of carboxylic acids is 1. The number of nitrogens with one attached hydrogen (secondary N) is 1. The smallest absolute Gasteiger partial charge is 0.305 e. The lowest BCUT2D eigenvalue weighted by Crippen LogP contribution is -2.71. The fraction of sp³-hybridized carbons (Fsp3) is 0.800. The standard InChI is InChI=1S/C10H17N3O3/c11-9(16)7-2-1-3-13(7)10(4-8(14)15)5-12-6-10/h7,12H,1-6H2,(H2,11,16)(H,14,15). The van der Waals surface area contributed by atoms with E-state index < -0.39 is 11.5 Å². The van der Waals surface area contributed by atoms with Gasteiger partial charge in [-0.3, -0.25) is 14.5 Å². The third-order valence-electron chi connectivity index (χ3n) is 3.58. The number of aliphatic carboxylic acids is 1. The number of carboxylic acid groups (broad SMARTS) is 1. The average molecular weight is 227 g/mol. The van der Waals surface area contributed by atoms with Crippen molar-refractivity contribution in [1.29, 1.82) is 0 Å². The van der Waals surface area contributed by atoms with Crippen LogP contribution in [0.15, 0.2) is 0 Å². The van der Waals surface area contributed by atoms with Crippen molar-refractivity contribution < 1.29 is 14.7 Å². The summed E-state index contributed by atoms with van der Waals surface area (Å²) in [7, 11) is 0. The summed E-state index contributed by atoms with van der Waals surface area (Å²) < 4.78 is 0. The molecule has 0 aliphatic carbocycles. The van der Waals surface area contributed by atoms with Crippen molar-refractivity contribution in [2.24, 2.45) is 5.73 Å². The summed E-state index contributed by atoms with van der Waals surface area (Å²) >= 11 is 0. The van der Waals surface area contributed by atoms with Gasteiger partial charge in [-0.2, -0.15) is 0 Å². The van der Waals surface area contributed by atoms with E-state index >= 15 is 0 Å². The molecular weight excluding hydrogens is 210 g/mol. The van der Waals surface area contributed by atoms with Crippen LogP contribution in [0.1, 0.15) is 19.3 Å². The molecular formula is C10H17N3O3. The molecule has 0 aromatic carbocycles. The number of carbonyl (C=O) groups excluding carboxylic acids is 1. The molecule has 16 heavy (non-hydrogen) atoms. The Morgan fingerprint density at radius 3 is 2.62 bits per heavy atom. The number of nitrogens with two attached hydrogens (primary N) is 1. The average Bonchev–Trinajstić information content (AvgIpc) is 2.59. The molecule has 0 radical (unpaired) electrons. The van der Waals surface area contributed by atoms with Gasteiger partial charge in [0.2, 0.25) is 5.91 Å². The second-order valence-electron chi connectivity index (χ2n) is 4.65. The summed E-state index contributed by atoms with van der Waals surface area (Å²) in [5.74, 6) is -1.16. The number of rotatable bonds is 4. The minimum Gasteiger partial charge on any atom is -0.481 e. The van der Waals surface area contributed by atoms with Crippen LogP contribution in [0.5, 0.6) is 0 Å². The Labute approximate surface area is 93.8 Å². The number of primary amides is 1. The molecule has 0 spiro atoms. The van der Waals surface area contributed by atoms with Crippen LogP contribution in [-0.4, -0.2) is 53.1 Å². The van der Waals surface area contributed by atoms with Gasteiger partial charge in [0.25, 0.3) is 0 Å². The van der Waals surface area contributed by atoms with Gasteiger partial charge < -0.3 is 16.2 Å². The predicted molar refractivity (Wildman–Crippen MR) is 56.8 cm³/mol. The molecule has 2 heterocycles. The molecule has 1 atom stereocenters. The summed E-state index contributed by atoms with van der Waals surface area (Å²) in [6, 6.07) is -0.290. The first-order valence-corrected chi connectivity index (χ1v) is 5.54. The Morgan fingerprint density at radius 1 is 1.50 bits per heavy atom. The van der Waals surface area contributed by atoms with Crippen molar-refractivity contribution >= 4 is 11.9 Å². The molecule has 0 bridgehead atoms. The lowest BCUT2D eigenvalue weighted by Gasteiger charge is -2.50. The summed E-state index contributed by atoms with van der Waals surface area (Å²) in [6.07, 6.45) is 1.73. The first-order chi connectivity index (χ1) is 7.55. The molecule has 2 rings (SSSR count). The third-order valence-corrected chi connectivity index (χ3v) is 3.58.